The average Bonchev–Trinajstić information content (AvgIpc) is 2.40. The molecule has 3 N–H and O–H groups in total. The summed E-state index contributed by atoms with van der Waals surface area (Å²) >= 11 is 3.25. The second kappa shape index (κ2) is 7.86. The molecule has 1 aromatic carbocycles. The van der Waals surface area contributed by atoms with Crippen molar-refractivity contribution in [2.45, 2.75) is 6.42 Å². The monoisotopic (exact) mass is 343 g/mol. The number of carbonyl (C=O) groups is 2. The zero-order chi connectivity index (χ0) is 15.1. The minimum Gasteiger partial charge on any atom is -0.478 e. The third-order valence-corrected chi connectivity index (χ3v) is 3.38. The number of aromatic carboxylic acids is 1. The van der Waals surface area contributed by atoms with E-state index in [1.165, 1.54) is 12.1 Å². The Morgan fingerprint density at radius 2 is 2.10 bits per heavy atom. The van der Waals surface area contributed by atoms with Gasteiger partial charge in [0.15, 0.2) is 0 Å². The van der Waals surface area contributed by atoms with E-state index in [0.29, 0.717) is 16.7 Å². The highest BCUT2D eigenvalue weighted by molar-refractivity contribution is 9.10. The molecule has 0 aromatic heterocycles. The van der Waals surface area contributed by atoms with Crippen molar-refractivity contribution in [3.63, 3.8) is 0 Å². The quantitative estimate of drug-likeness (QED) is 0.691. The molecule has 0 radical (unpaired) electrons. The van der Waals surface area contributed by atoms with Crippen LogP contribution in [-0.2, 0) is 0 Å². The van der Waals surface area contributed by atoms with E-state index in [-0.39, 0.29) is 11.6 Å². The average molecular weight is 344 g/mol. The van der Waals surface area contributed by atoms with E-state index in [0.717, 1.165) is 13.0 Å². The van der Waals surface area contributed by atoms with Crippen LogP contribution in [0.3, 0.4) is 0 Å². The minimum atomic E-state index is -1.01. The molecule has 0 heterocycles. The Bertz CT molecular complexity index is 494. The molecule has 0 aliphatic heterocycles. The van der Waals surface area contributed by atoms with Gasteiger partial charge in [0.25, 0.3) is 0 Å². The molecule has 0 saturated carbocycles. The van der Waals surface area contributed by atoms with Gasteiger partial charge in [-0.3, -0.25) is 0 Å². The second-order valence-corrected chi connectivity index (χ2v) is 5.16. The van der Waals surface area contributed by atoms with E-state index >= 15 is 0 Å². The van der Waals surface area contributed by atoms with Gasteiger partial charge >= 0.3 is 12.0 Å². The number of hydrogen-bond acceptors (Lipinski definition) is 3. The van der Waals surface area contributed by atoms with E-state index in [1.54, 1.807) is 18.0 Å². The molecule has 0 aliphatic carbocycles. The summed E-state index contributed by atoms with van der Waals surface area (Å²) in [5, 5.41) is 14.6. The summed E-state index contributed by atoms with van der Waals surface area (Å²) in [6, 6.07) is 4.24. The maximum Gasteiger partial charge on any atom is 0.335 e. The summed E-state index contributed by atoms with van der Waals surface area (Å²) in [5.41, 5.74) is 0.706. The number of anilines is 1. The highest BCUT2D eigenvalue weighted by atomic mass is 79.9. The molecule has 6 nitrogen and oxygen atoms in total. The van der Waals surface area contributed by atoms with Crippen molar-refractivity contribution in [3.05, 3.63) is 28.2 Å². The molecule has 0 saturated heterocycles. The Hall–Kier alpha value is -1.60. The Kier molecular flexibility index (Phi) is 6.47. The van der Waals surface area contributed by atoms with Crippen molar-refractivity contribution >= 4 is 33.6 Å². The molecule has 1 aromatic rings. The third-order valence-electron chi connectivity index (χ3n) is 2.72. The van der Waals surface area contributed by atoms with Crippen LogP contribution in [0.2, 0.25) is 0 Å². The van der Waals surface area contributed by atoms with E-state index in [9.17, 15) is 9.59 Å². The van der Waals surface area contributed by atoms with Crippen molar-refractivity contribution in [1.82, 2.24) is 10.2 Å². The molecular formula is C13H18BrN3O3. The molecule has 0 atom stereocenters. The summed E-state index contributed by atoms with van der Waals surface area (Å²) in [7, 11) is 3.58. The van der Waals surface area contributed by atoms with Crippen LogP contribution < -0.4 is 10.6 Å². The third kappa shape index (κ3) is 4.82. The number of amides is 2. The van der Waals surface area contributed by atoms with E-state index in [2.05, 4.69) is 26.6 Å². The zero-order valence-electron chi connectivity index (χ0n) is 11.4. The lowest BCUT2D eigenvalue weighted by atomic mass is 10.2. The Labute approximate surface area is 126 Å². The number of carbonyl (C=O) groups excluding carboxylic acids is 1. The number of carboxylic acid groups (broad SMARTS) is 1. The second-order valence-electron chi connectivity index (χ2n) is 4.31. The van der Waals surface area contributed by atoms with Crippen LogP contribution in [0.5, 0.6) is 0 Å². The number of nitrogens with one attached hydrogen (secondary N) is 2. The van der Waals surface area contributed by atoms with Crippen LogP contribution in [0.1, 0.15) is 16.8 Å². The highest BCUT2D eigenvalue weighted by Gasteiger charge is 2.12. The smallest absolute Gasteiger partial charge is 0.335 e. The number of nitrogens with zero attached hydrogens (tertiary/aromatic N) is 1. The lowest BCUT2D eigenvalue weighted by Gasteiger charge is -2.18. The molecule has 0 aliphatic rings. The molecule has 7 heteroatoms. The Balaban J connectivity index is 2.64. The lowest BCUT2D eigenvalue weighted by molar-refractivity contribution is 0.0697. The highest BCUT2D eigenvalue weighted by Crippen LogP contribution is 2.24. The van der Waals surface area contributed by atoms with Crippen LogP contribution in [-0.4, -0.2) is 49.2 Å². The van der Waals surface area contributed by atoms with Gasteiger partial charge in [-0.05, 0) is 54.1 Å². The summed E-state index contributed by atoms with van der Waals surface area (Å²) in [4.78, 5) is 24.3. The summed E-state index contributed by atoms with van der Waals surface area (Å²) in [5.74, 6) is -1.01. The first-order chi connectivity index (χ1) is 9.45. The van der Waals surface area contributed by atoms with Gasteiger partial charge < -0.3 is 20.6 Å². The van der Waals surface area contributed by atoms with Gasteiger partial charge in [0, 0.05) is 18.1 Å². The van der Waals surface area contributed by atoms with E-state index in [1.807, 2.05) is 7.05 Å². The van der Waals surface area contributed by atoms with Crippen molar-refractivity contribution in [2.24, 2.45) is 0 Å². The lowest BCUT2D eigenvalue weighted by Crippen LogP contribution is -2.33. The molecule has 1 rings (SSSR count). The molecule has 0 spiro atoms. The Morgan fingerprint density at radius 1 is 1.40 bits per heavy atom. The zero-order valence-corrected chi connectivity index (χ0v) is 13.0. The SMILES string of the molecule is CNCCCN(C)C(=O)Nc1ccc(C(=O)O)cc1Br. The first kappa shape index (κ1) is 16.5. The van der Waals surface area contributed by atoms with Gasteiger partial charge in [-0.25, -0.2) is 9.59 Å². The molecule has 20 heavy (non-hydrogen) atoms. The summed E-state index contributed by atoms with van der Waals surface area (Å²) < 4.78 is 0.536. The summed E-state index contributed by atoms with van der Waals surface area (Å²) in [6.45, 7) is 1.48. The van der Waals surface area contributed by atoms with Gasteiger partial charge in [-0.1, -0.05) is 0 Å². The standard InChI is InChI=1S/C13H18BrN3O3/c1-15-6-3-7-17(2)13(20)16-11-5-4-9(12(18)19)8-10(11)14/h4-5,8,15H,3,6-7H2,1-2H3,(H,16,20)(H,18,19). The predicted octanol–water partition coefficient (Wildman–Crippen LogP) is 2.22. The predicted molar refractivity (Wildman–Crippen MR) is 81.3 cm³/mol. The van der Waals surface area contributed by atoms with Crippen LogP contribution in [0.4, 0.5) is 10.5 Å². The van der Waals surface area contributed by atoms with Gasteiger partial charge in [0.05, 0.1) is 11.3 Å². The van der Waals surface area contributed by atoms with Crippen LogP contribution in [0, 0.1) is 0 Å². The van der Waals surface area contributed by atoms with Gasteiger partial charge in [-0.15, -0.1) is 0 Å². The molecule has 0 bridgehead atoms. The van der Waals surface area contributed by atoms with Crippen molar-refractivity contribution in [2.75, 3.05) is 32.5 Å². The largest absolute Gasteiger partial charge is 0.478 e. The number of rotatable bonds is 6. The fourth-order valence-electron chi connectivity index (χ4n) is 1.55. The molecule has 0 fully saturated rings. The van der Waals surface area contributed by atoms with Crippen molar-refractivity contribution < 1.29 is 14.7 Å². The van der Waals surface area contributed by atoms with E-state index < -0.39 is 5.97 Å². The fraction of sp³-hybridized carbons (Fsp3) is 0.385. The summed E-state index contributed by atoms with van der Waals surface area (Å²) in [6.07, 6.45) is 0.861. The van der Waals surface area contributed by atoms with Crippen LogP contribution in [0.15, 0.2) is 22.7 Å². The van der Waals surface area contributed by atoms with Crippen molar-refractivity contribution in [1.29, 1.82) is 0 Å². The maximum absolute atomic E-state index is 11.9. The van der Waals surface area contributed by atoms with Crippen LogP contribution >= 0.6 is 15.9 Å². The number of halogens is 1. The molecule has 2 amide bonds. The number of urea groups is 1. The normalized spacial score (nSPS) is 10.2. The van der Waals surface area contributed by atoms with Gasteiger partial charge in [0.2, 0.25) is 0 Å². The van der Waals surface area contributed by atoms with Gasteiger partial charge in [-0.2, -0.15) is 0 Å². The molecule has 110 valence electrons. The first-order valence-electron chi connectivity index (χ1n) is 6.15. The first-order valence-corrected chi connectivity index (χ1v) is 6.94. The van der Waals surface area contributed by atoms with E-state index in [4.69, 9.17) is 5.11 Å². The van der Waals surface area contributed by atoms with Gasteiger partial charge in [0.1, 0.15) is 0 Å². The molecule has 0 unspecified atom stereocenters. The van der Waals surface area contributed by atoms with Crippen LogP contribution in [0.25, 0.3) is 0 Å². The number of benzene rings is 1. The topological polar surface area (TPSA) is 81.7 Å². The molecular weight excluding hydrogens is 326 g/mol. The number of hydrogen-bond donors (Lipinski definition) is 3. The Morgan fingerprint density at radius 3 is 2.65 bits per heavy atom. The number of carboxylic acids is 1. The fourth-order valence-corrected chi connectivity index (χ4v) is 2.03. The maximum atomic E-state index is 11.9. The van der Waals surface area contributed by atoms with Crippen molar-refractivity contribution in [3.8, 4) is 0 Å². The minimum absolute atomic E-state index is 0.164.